The molecule has 7 heteroatoms. The van der Waals surface area contributed by atoms with Crippen molar-refractivity contribution >= 4 is 0 Å². The Bertz CT molecular complexity index is 390. The number of hydrogen-bond acceptors (Lipinski definition) is 7. The lowest BCUT2D eigenvalue weighted by atomic mass is 10.3. The van der Waals surface area contributed by atoms with E-state index in [9.17, 15) is 0 Å². The highest BCUT2D eigenvalue weighted by Gasteiger charge is 2.09. The van der Waals surface area contributed by atoms with Gasteiger partial charge in [-0.25, -0.2) is 0 Å². The Labute approximate surface area is 125 Å². The van der Waals surface area contributed by atoms with Crippen LogP contribution in [-0.4, -0.2) is 46.5 Å². The van der Waals surface area contributed by atoms with Gasteiger partial charge in [-0.05, 0) is 12.8 Å². The van der Waals surface area contributed by atoms with Gasteiger partial charge in [0.1, 0.15) is 0 Å². The van der Waals surface area contributed by atoms with Gasteiger partial charge in [0, 0.05) is 13.0 Å². The summed E-state index contributed by atoms with van der Waals surface area (Å²) in [7, 11) is 0. The summed E-state index contributed by atoms with van der Waals surface area (Å²) in [5.41, 5.74) is 0. The fourth-order valence-corrected chi connectivity index (χ4v) is 1.45. The molecule has 0 aliphatic heterocycles. The number of rotatable bonds is 12. The summed E-state index contributed by atoms with van der Waals surface area (Å²) < 4.78 is 16.3. The maximum Gasteiger partial charge on any atom is 0.325 e. The van der Waals surface area contributed by atoms with Crippen LogP contribution >= 0.6 is 0 Å². The Morgan fingerprint density at radius 1 is 0.714 bits per heavy atom. The average molecular weight is 299 g/mol. The fourth-order valence-electron chi connectivity index (χ4n) is 1.45. The molecule has 0 unspecified atom stereocenters. The highest BCUT2D eigenvalue weighted by molar-refractivity contribution is 5.08. The van der Waals surface area contributed by atoms with Crippen LogP contribution in [0.5, 0.6) is 18.0 Å². The summed E-state index contributed by atoms with van der Waals surface area (Å²) in [6.45, 7) is 5.61. The van der Waals surface area contributed by atoms with E-state index in [-0.39, 0.29) is 24.6 Å². The molecule has 1 rings (SSSR count). The molecule has 0 spiro atoms. The predicted molar refractivity (Wildman–Crippen MR) is 77.8 cm³/mol. The third-order valence-corrected chi connectivity index (χ3v) is 2.52. The van der Waals surface area contributed by atoms with Gasteiger partial charge in [0.05, 0.1) is 19.8 Å². The van der Waals surface area contributed by atoms with E-state index in [4.69, 9.17) is 19.3 Å². The van der Waals surface area contributed by atoms with Crippen LogP contribution in [0.15, 0.2) is 0 Å². The van der Waals surface area contributed by atoms with Crippen molar-refractivity contribution in [3.05, 3.63) is 0 Å². The van der Waals surface area contributed by atoms with Crippen molar-refractivity contribution in [3.63, 3.8) is 0 Å². The van der Waals surface area contributed by atoms with E-state index in [2.05, 4.69) is 21.9 Å². The normalized spacial score (nSPS) is 10.4. The second-order valence-electron chi connectivity index (χ2n) is 4.51. The first-order chi connectivity index (χ1) is 10.3. The van der Waals surface area contributed by atoms with Gasteiger partial charge < -0.3 is 19.3 Å². The molecule has 0 bridgehead atoms. The summed E-state index contributed by atoms with van der Waals surface area (Å²) in [5.74, 6) is 0. The number of nitrogens with zero attached hydrogens (tertiary/aromatic N) is 3. The molecule has 0 aliphatic rings. The van der Waals surface area contributed by atoms with Crippen molar-refractivity contribution in [2.24, 2.45) is 0 Å². The monoisotopic (exact) mass is 299 g/mol. The Balaban J connectivity index is 2.62. The van der Waals surface area contributed by atoms with Crippen molar-refractivity contribution in [1.29, 1.82) is 0 Å². The number of hydrogen-bond donors (Lipinski definition) is 1. The second kappa shape index (κ2) is 11.1. The Morgan fingerprint density at radius 2 is 1.24 bits per heavy atom. The van der Waals surface area contributed by atoms with Gasteiger partial charge in [-0.1, -0.05) is 26.7 Å². The van der Waals surface area contributed by atoms with Gasteiger partial charge in [0.25, 0.3) is 0 Å². The molecule has 21 heavy (non-hydrogen) atoms. The van der Waals surface area contributed by atoms with Crippen molar-refractivity contribution in [3.8, 4) is 18.0 Å². The molecule has 0 atom stereocenters. The molecule has 1 aromatic heterocycles. The van der Waals surface area contributed by atoms with Crippen LogP contribution in [0.25, 0.3) is 0 Å². The summed E-state index contributed by atoms with van der Waals surface area (Å²) in [5, 5.41) is 8.75. The quantitative estimate of drug-likeness (QED) is 0.590. The maximum atomic E-state index is 8.75. The van der Waals surface area contributed by atoms with Crippen LogP contribution in [0.4, 0.5) is 0 Å². The van der Waals surface area contributed by atoms with Crippen molar-refractivity contribution in [1.82, 2.24) is 15.0 Å². The summed E-state index contributed by atoms with van der Waals surface area (Å²) >= 11 is 0. The van der Waals surface area contributed by atoms with Gasteiger partial charge in [0.15, 0.2) is 0 Å². The predicted octanol–water partition coefficient (Wildman–Crippen LogP) is 1.99. The van der Waals surface area contributed by atoms with E-state index < -0.39 is 0 Å². The molecule has 1 N–H and O–H groups in total. The minimum Gasteiger partial charge on any atom is -0.463 e. The first kappa shape index (κ1) is 17.4. The fraction of sp³-hybridized carbons (Fsp3) is 0.786. The molecular weight excluding hydrogens is 274 g/mol. The van der Waals surface area contributed by atoms with E-state index >= 15 is 0 Å². The smallest absolute Gasteiger partial charge is 0.325 e. The standard InChI is InChI=1S/C14H25N3O4/c1-3-5-6-10-20-13-15-12(19-9-4-2)16-14(17-13)21-11-7-8-18/h18H,3-11H2,1-2H3. The summed E-state index contributed by atoms with van der Waals surface area (Å²) in [4.78, 5) is 12.2. The lowest BCUT2D eigenvalue weighted by molar-refractivity contribution is 0.209. The van der Waals surface area contributed by atoms with Gasteiger partial charge in [0.2, 0.25) is 0 Å². The molecule has 0 amide bonds. The molecule has 0 aliphatic carbocycles. The zero-order valence-electron chi connectivity index (χ0n) is 12.9. The molecule has 1 aromatic rings. The van der Waals surface area contributed by atoms with Crippen LogP contribution in [0.3, 0.4) is 0 Å². The van der Waals surface area contributed by atoms with Crippen LogP contribution < -0.4 is 14.2 Å². The SMILES string of the molecule is CCCCCOc1nc(OCCC)nc(OCCCO)n1. The zero-order chi connectivity index (χ0) is 15.3. The minimum atomic E-state index is 0.0602. The maximum absolute atomic E-state index is 8.75. The highest BCUT2D eigenvalue weighted by atomic mass is 16.5. The van der Waals surface area contributed by atoms with Gasteiger partial charge in [-0.2, -0.15) is 0 Å². The topological polar surface area (TPSA) is 86.6 Å². The number of ether oxygens (including phenoxy) is 3. The third-order valence-electron chi connectivity index (χ3n) is 2.52. The van der Waals surface area contributed by atoms with E-state index in [0.29, 0.717) is 26.2 Å². The van der Waals surface area contributed by atoms with E-state index in [0.717, 1.165) is 25.7 Å². The lowest BCUT2D eigenvalue weighted by Crippen LogP contribution is -2.09. The molecule has 0 saturated carbocycles. The minimum absolute atomic E-state index is 0.0602. The van der Waals surface area contributed by atoms with E-state index in [1.165, 1.54) is 0 Å². The Kier molecular flexibility index (Phi) is 9.19. The van der Waals surface area contributed by atoms with Crippen LogP contribution in [0.2, 0.25) is 0 Å². The molecule has 7 nitrogen and oxygen atoms in total. The number of aliphatic hydroxyl groups is 1. The molecule has 120 valence electrons. The third kappa shape index (κ3) is 7.65. The summed E-state index contributed by atoms with van der Waals surface area (Å²) in [6, 6.07) is 0.581. The van der Waals surface area contributed by atoms with E-state index in [1.807, 2.05) is 6.92 Å². The van der Waals surface area contributed by atoms with Crippen LogP contribution in [0, 0.1) is 0 Å². The number of unbranched alkanes of at least 4 members (excludes halogenated alkanes) is 2. The molecule has 0 aromatic carbocycles. The molecule has 0 saturated heterocycles. The molecule has 0 fully saturated rings. The van der Waals surface area contributed by atoms with E-state index in [1.54, 1.807) is 0 Å². The van der Waals surface area contributed by atoms with Crippen molar-refractivity contribution in [2.45, 2.75) is 46.0 Å². The second-order valence-corrected chi connectivity index (χ2v) is 4.51. The first-order valence-corrected chi connectivity index (χ1v) is 7.55. The molecule has 1 heterocycles. The Hall–Kier alpha value is -1.63. The van der Waals surface area contributed by atoms with Gasteiger partial charge in [-0.3, -0.25) is 0 Å². The average Bonchev–Trinajstić information content (AvgIpc) is 2.50. The largest absolute Gasteiger partial charge is 0.463 e. The number of aliphatic hydroxyl groups excluding tert-OH is 1. The van der Waals surface area contributed by atoms with Crippen molar-refractivity contribution in [2.75, 3.05) is 26.4 Å². The first-order valence-electron chi connectivity index (χ1n) is 7.55. The zero-order valence-corrected chi connectivity index (χ0v) is 12.9. The van der Waals surface area contributed by atoms with Gasteiger partial charge in [-0.15, -0.1) is 15.0 Å². The van der Waals surface area contributed by atoms with Crippen molar-refractivity contribution < 1.29 is 19.3 Å². The van der Waals surface area contributed by atoms with Crippen LogP contribution in [0.1, 0.15) is 46.0 Å². The summed E-state index contributed by atoms with van der Waals surface area (Å²) in [6.07, 6.45) is 4.56. The van der Waals surface area contributed by atoms with Gasteiger partial charge >= 0.3 is 18.0 Å². The Morgan fingerprint density at radius 3 is 1.71 bits per heavy atom. The van der Waals surface area contributed by atoms with Crippen LogP contribution in [-0.2, 0) is 0 Å². The molecule has 0 radical (unpaired) electrons. The molecular formula is C14H25N3O4. The highest BCUT2D eigenvalue weighted by Crippen LogP contribution is 2.15. The lowest BCUT2D eigenvalue weighted by Gasteiger charge is -2.09. The number of aromatic nitrogens is 3.